The summed E-state index contributed by atoms with van der Waals surface area (Å²) in [6.07, 6.45) is 15.0. The van der Waals surface area contributed by atoms with Crippen LogP contribution in [0.4, 0.5) is 0 Å². The largest absolute Gasteiger partial charge is 0.481 e. The number of carbonyl (C=O) groups is 4. The first-order chi connectivity index (χ1) is 27.2. The molecule has 6 aliphatic carbocycles. The summed E-state index contributed by atoms with van der Waals surface area (Å²) in [4.78, 5) is 53.0. The predicted octanol–water partition coefficient (Wildman–Crippen LogP) is 9.69. The van der Waals surface area contributed by atoms with E-state index in [4.69, 9.17) is 0 Å². The average molecular weight is 800 g/mol. The molecule has 0 radical (unpaired) electrons. The van der Waals surface area contributed by atoms with E-state index in [0.717, 1.165) is 50.8 Å². The fourth-order valence-corrected chi connectivity index (χ4v) is 14.5. The molecular weight excluding hydrogens is 723 g/mol. The number of hydrogen-bond acceptors (Lipinski definition) is 7. The van der Waals surface area contributed by atoms with Gasteiger partial charge in [0.2, 0.25) is 0 Å². The predicted molar refractivity (Wildman–Crippen MR) is 231 cm³/mol. The molecule has 8 nitrogen and oxygen atoms in total. The number of aryl methyl sites for hydroxylation is 1. The maximum absolute atomic E-state index is 13.9. The minimum atomic E-state index is -0.744. The summed E-state index contributed by atoms with van der Waals surface area (Å²) in [5, 5.41) is 16.7. The lowest BCUT2D eigenvalue weighted by molar-refractivity contribution is -0.193. The van der Waals surface area contributed by atoms with Gasteiger partial charge in [0.15, 0.2) is 12.1 Å². The maximum atomic E-state index is 13.9. The Balaban J connectivity index is 0.000000557. The van der Waals surface area contributed by atoms with Gasteiger partial charge in [-0.25, -0.2) is 0 Å². The molecular formula is C50H77N3O5. The van der Waals surface area contributed by atoms with Gasteiger partial charge in [-0.2, -0.15) is 0 Å². The van der Waals surface area contributed by atoms with Crippen LogP contribution < -0.4 is 10.6 Å². The third-order valence-corrected chi connectivity index (χ3v) is 18.0. The van der Waals surface area contributed by atoms with Crippen LogP contribution in [0.15, 0.2) is 29.5 Å². The summed E-state index contributed by atoms with van der Waals surface area (Å²) >= 11 is 0. The van der Waals surface area contributed by atoms with E-state index in [9.17, 15) is 24.3 Å². The molecule has 0 amide bonds. The van der Waals surface area contributed by atoms with E-state index in [1.807, 2.05) is 27.0 Å². The van der Waals surface area contributed by atoms with Crippen molar-refractivity contribution in [2.75, 3.05) is 20.1 Å². The molecule has 58 heavy (non-hydrogen) atoms. The SMILES string of the molecule is CNC(C)(C)CNCCC12CCC3C(CCC4C3(C)CCC3C(C)(C)C(CC(=O)C5CC(C(=O)O)C5C)CCC34C)C1=C(C(C)C)C(=O)C2.Cc1ccc(C=O)cn1. The highest BCUT2D eigenvalue weighted by Crippen LogP contribution is 2.74. The van der Waals surface area contributed by atoms with Crippen molar-refractivity contribution in [1.82, 2.24) is 15.6 Å². The molecule has 0 aliphatic heterocycles. The highest BCUT2D eigenvalue weighted by atomic mass is 16.4. The van der Waals surface area contributed by atoms with Gasteiger partial charge in [-0.15, -0.1) is 0 Å². The molecule has 1 aromatic heterocycles. The number of ketones is 2. The zero-order chi connectivity index (χ0) is 42.6. The van der Waals surface area contributed by atoms with E-state index in [-0.39, 0.29) is 50.9 Å². The standard InChI is InChI=1S/C43H70N2O4.C7H7NO/c1-25(2)36-33(47)23-43(19-20-45-24-39(4,5)44-10)18-14-31-28(37(36)43)11-12-35-41(31,8)17-15-34-40(6,7)27(13-16-42(34,35)9)21-32(46)29-22-30(26(29)3)38(48)49;1-6-2-3-7(5-9)4-8-6/h25-31,34-35,44-45H,11-24H2,1-10H3,(H,48,49);2-5H,1H3. The lowest BCUT2D eigenvalue weighted by Crippen LogP contribution is -2.62. The summed E-state index contributed by atoms with van der Waals surface area (Å²) in [7, 11) is 2.03. The first-order valence-electron chi connectivity index (χ1n) is 23.0. The molecule has 1 heterocycles. The van der Waals surface area contributed by atoms with E-state index < -0.39 is 5.97 Å². The van der Waals surface area contributed by atoms with Crippen LogP contribution in [0.2, 0.25) is 0 Å². The molecule has 0 bridgehead atoms. The third-order valence-electron chi connectivity index (χ3n) is 18.0. The average Bonchev–Trinajstić information content (AvgIpc) is 3.46. The molecule has 322 valence electrons. The van der Waals surface area contributed by atoms with Crippen LogP contribution in [0.3, 0.4) is 0 Å². The van der Waals surface area contributed by atoms with Gasteiger partial charge in [-0.05, 0) is 174 Å². The molecule has 5 saturated carbocycles. The van der Waals surface area contributed by atoms with Crippen molar-refractivity contribution < 1.29 is 24.3 Å². The number of hydrogen-bond donors (Lipinski definition) is 3. The van der Waals surface area contributed by atoms with E-state index >= 15 is 0 Å². The topological polar surface area (TPSA) is 125 Å². The number of likely N-dealkylation sites (N-methyl/N-ethyl adjacent to an activating group) is 1. The van der Waals surface area contributed by atoms with Crippen LogP contribution in [-0.2, 0) is 14.4 Å². The molecule has 11 atom stereocenters. The Morgan fingerprint density at radius 1 is 0.983 bits per heavy atom. The number of fused-ring (bicyclic) bond motifs is 7. The molecule has 6 aliphatic rings. The molecule has 0 saturated heterocycles. The molecule has 5 fully saturated rings. The fourth-order valence-electron chi connectivity index (χ4n) is 14.5. The van der Waals surface area contributed by atoms with Crippen molar-refractivity contribution in [2.45, 2.75) is 152 Å². The number of carboxylic acids is 1. The Hall–Kier alpha value is -2.71. The first kappa shape index (κ1) is 44.8. The summed E-state index contributed by atoms with van der Waals surface area (Å²) in [5.41, 5.74) is 5.07. The minimum absolute atomic E-state index is 0.0357. The number of nitrogens with zero attached hydrogens (tertiary/aromatic N) is 1. The Morgan fingerprint density at radius 3 is 2.29 bits per heavy atom. The second kappa shape index (κ2) is 16.6. The van der Waals surface area contributed by atoms with Crippen molar-refractivity contribution in [3.8, 4) is 0 Å². The van der Waals surface area contributed by atoms with Gasteiger partial charge in [0.25, 0.3) is 0 Å². The normalized spacial score (nSPS) is 37.7. The highest BCUT2D eigenvalue weighted by Gasteiger charge is 2.66. The van der Waals surface area contributed by atoms with E-state index in [1.165, 1.54) is 44.1 Å². The Morgan fingerprint density at radius 2 is 1.69 bits per heavy atom. The van der Waals surface area contributed by atoms with Gasteiger partial charge in [0, 0.05) is 53.7 Å². The third kappa shape index (κ3) is 7.96. The summed E-state index contributed by atoms with van der Waals surface area (Å²) in [6, 6.07) is 3.55. The number of rotatable bonds is 12. The van der Waals surface area contributed by atoms with Gasteiger partial charge in [0.05, 0.1) is 5.92 Å². The van der Waals surface area contributed by atoms with Gasteiger partial charge in [-0.3, -0.25) is 24.2 Å². The van der Waals surface area contributed by atoms with E-state index in [1.54, 1.807) is 17.8 Å². The van der Waals surface area contributed by atoms with Gasteiger partial charge >= 0.3 is 5.97 Å². The molecule has 0 aromatic carbocycles. The minimum Gasteiger partial charge on any atom is -0.481 e. The van der Waals surface area contributed by atoms with Gasteiger partial charge in [-0.1, -0.05) is 54.0 Å². The van der Waals surface area contributed by atoms with Crippen molar-refractivity contribution in [1.29, 1.82) is 0 Å². The van der Waals surface area contributed by atoms with Crippen LogP contribution in [0, 0.1) is 81.8 Å². The van der Waals surface area contributed by atoms with Crippen molar-refractivity contribution >= 4 is 23.8 Å². The number of pyridine rings is 1. The van der Waals surface area contributed by atoms with E-state index in [2.05, 4.69) is 71.0 Å². The number of aldehydes is 1. The maximum Gasteiger partial charge on any atom is 0.306 e. The van der Waals surface area contributed by atoms with Gasteiger partial charge in [0.1, 0.15) is 5.78 Å². The number of aromatic nitrogens is 1. The van der Waals surface area contributed by atoms with Crippen molar-refractivity contribution in [2.24, 2.45) is 74.9 Å². The Kier molecular flexibility index (Phi) is 12.9. The quantitative estimate of drug-likeness (QED) is 0.141. The highest BCUT2D eigenvalue weighted by molar-refractivity contribution is 6.00. The number of nitrogens with one attached hydrogen (secondary N) is 2. The monoisotopic (exact) mass is 800 g/mol. The van der Waals surface area contributed by atoms with Crippen molar-refractivity contribution in [3.63, 3.8) is 0 Å². The molecule has 8 heteroatoms. The lowest BCUT2D eigenvalue weighted by atomic mass is 9.35. The van der Waals surface area contributed by atoms with Crippen LogP contribution in [0.1, 0.15) is 155 Å². The molecule has 0 spiro atoms. The second-order valence-corrected chi connectivity index (χ2v) is 22.1. The molecule has 7 rings (SSSR count). The van der Waals surface area contributed by atoms with Crippen molar-refractivity contribution in [3.05, 3.63) is 40.7 Å². The summed E-state index contributed by atoms with van der Waals surface area (Å²) in [5.74, 6) is 2.67. The number of aliphatic carboxylic acids is 1. The Labute approximate surface area is 350 Å². The number of Topliss-reactive ketones (excluding diaryl/α,β-unsaturated/α-hetero) is 2. The molecule has 1 aromatic rings. The van der Waals surface area contributed by atoms with Crippen LogP contribution in [-0.4, -0.2) is 59.6 Å². The van der Waals surface area contributed by atoms with E-state index in [0.29, 0.717) is 59.6 Å². The fraction of sp³-hybridized carbons (Fsp3) is 0.780. The second-order valence-electron chi connectivity index (χ2n) is 22.1. The molecule has 3 N–H and O–H groups in total. The van der Waals surface area contributed by atoms with Crippen LogP contribution in [0.5, 0.6) is 0 Å². The smallest absolute Gasteiger partial charge is 0.306 e. The summed E-state index contributed by atoms with van der Waals surface area (Å²) < 4.78 is 0. The van der Waals surface area contributed by atoms with Gasteiger partial charge < -0.3 is 15.7 Å². The zero-order valence-corrected chi connectivity index (χ0v) is 37.9. The number of carboxylic acid groups (broad SMARTS) is 1. The number of carbonyl (C=O) groups excluding carboxylic acids is 3. The molecule has 11 unspecified atom stereocenters. The van der Waals surface area contributed by atoms with Crippen LogP contribution in [0.25, 0.3) is 0 Å². The first-order valence-corrected chi connectivity index (χ1v) is 23.0. The lowest BCUT2D eigenvalue weighted by Gasteiger charge is -2.69. The Bertz CT molecular complexity index is 1750. The van der Waals surface area contributed by atoms with Crippen LogP contribution >= 0.6 is 0 Å². The summed E-state index contributed by atoms with van der Waals surface area (Å²) in [6.45, 7) is 25.0. The number of allylic oxidation sites excluding steroid dienone is 2. The zero-order valence-electron chi connectivity index (χ0n) is 37.9.